The average molecular weight is 111 g/mol. The highest BCUT2D eigenvalue weighted by Crippen LogP contribution is 1.73. The van der Waals surface area contributed by atoms with Crippen molar-refractivity contribution >= 4 is 13.1 Å². The van der Waals surface area contributed by atoms with E-state index in [1.807, 2.05) is 7.05 Å². The number of nitrogens with zero attached hydrogens (tertiary/aromatic N) is 3. The number of hydrogen-bond acceptors (Lipinski definition) is 2. The Morgan fingerprint density at radius 1 is 1.62 bits per heavy atom. The van der Waals surface area contributed by atoms with Crippen molar-refractivity contribution in [1.29, 1.82) is 0 Å². The molecule has 0 spiro atoms. The fourth-order valence-electron chi connectivity index (χ4n) is 0.165. The molecule has 0 amide bonds. The molecule has 0 aliphatic rings. The predicted molar refractivity (Wildman–Crippen MR) is 36.0 cm³/mol. The second kappa shape index (κ2) is 4.05. The fraction of sp³-hybridized carbons (Fsp3) is 0.200. The summed E-state index contributed by atoms with van der Waals surface area (Å²) in [4.78, 5) is 1.68. The maximum Gasteiger partial charge on any atom is 0.117 e. The lowest BCUT2D eigenvalue weighted by Gasteiger charge is -2.00. The van der Waals surface area contributed by atoms with Crippen LogP contribution >= 0.6 is 0 Å². The third-order valence-corrected chi connectivity index (χ3v) is 0.603. The molecule has 0 heterocycles. The summed E-state index contributed by atoms with van der Waals surface area (Å²) < 4.78 is 0. The average Bonchev–Trinajstić information content (AvgIpc) is 1.83. The quantitative estimate of drug-likeness (QED) is 0.299. The van der Waals surface area contributed by atoms with E-state index in [9.17, 15) is 0 Å². The Hall–Kier alpha value is -1.12. The first-order valence-corrected chi connectivity index (χ1v) is 2.15. The van der Waals surface area contributed by atoms with Gasteiger partial charge in [0.25, 0.3) is 0 Å². The normalized spacial score (nSPS) is 9.12. The topological polar surface area (TPSA) is 28.0 Å². The summed E-state index contributed by atoms with van der Waals surface area (Å²) >= 11 is 0. The Labute approximate surface area is 49.0 Å². The molecular weight excluding hydrogens is 102 g/mol. The van der Waals surface area contributed by atoms with Gasteiger partial charge in [0.05, 0.1) is 0 Å². The van der Waals surface area contributed by atoms with Gasteiger partial charge < -0.3 is 4.90 Å². The lowest BCUT2D eigenvalue weighted by atomic mass is 10.8. The van der Waals surface area contributed by atoms with Gasteiger partial charge in [-0.25, -0.2) is 0 Å². The number of hydrogen-bond donors (Lipinski definition) is 0. The van der Waals surface area contributed by atoms with Crippen LogP contribution in [0.2, 0.25) is 0 Å². The predicted octanol–water partition coefficient (Wildman–Crippen LogP) is 0.706. The molecule has 0 radical (unpaired) electrons. The third-order valence-electron chi connectivity index (χ3n) is 0.603. The zero-order chi connectivity index (χ0) is 6.41. The molecule has 0 atom stereocenters. The van der Waals surface area contributed by atoms with E-state index in [1.54, 1.807) is 11.1 Å². The summed E-state index contributed by atoms with van der Waals surface area (Å²) in [5.74, 6) is 0. The van der Waals surface area contributed by atoms with Crippen LogP contribution in [-0.2, 0) is 0 Å². The zero-order valence-electron chi connectivity index (χ0n) is 4.91. The largest absolute Gasteiger partial charge is 0.341 e. The maximum atomic E-state index is 3.49. The molecule has 0 bridgehead atoms. The Balaban J connectivity index is 3.50. The van der Waals surface area contributed by atoms with Crippen molar-refractivity contribution in [3.8, 4) is 0 Å². The molecule has 0 saturated carbocycles. The van der Waals surface area contributed by atoms with Gasteiger partial charge in [0.1, 0.15) is 6.34 Å². The van der Waals surface area contributed by atoms with Crippen molar-refractivity contribution in [2.45, 2.75) is 0 Å². The van der Waals surface area contributed by atoms with Crippen LogP contribution in [0.25, 0.3) is 0 Å². The smallest absolute Gasteiger partial charge is 0.117 e. The molecule has 0 aromatic carbocycles. The third kappa shape index (κ3) is 3.08. The molecule has 8 heavy (non-hydrogen) atoms. The monoisotopic (exact) mass is 111 g/mol. The first kappa shape index (κ1) is 6.88. The van der Waals surface area contributed by atoms with Crippen LogP contribution in [0.5, 0.6) is 0 Å². The standard InChI is InChI=1S/C5H9N3/c1-4-8(3)5-7-6-2/h4-5H,1-2H2,3H3/b7-5-. The number of rotatable bonds is 3. The molecule has 0 aliphatic carbocycles. The van der Waals surface area contributed by atoms with Crippen molar-refractivity contribution in [1.82, 2.24) is 4.90 Å². The van der Waals surface area contributed by atoms with E-state index in [1.165, 1.54) is 6.34 Å². The van der Waals surface area contributed by atoms with Gasteiger partial charge in [-0.3, -0.25) is 0 Å². The summed E-state index contributed by atoms with van der Waals surface area (Å²) in [7, 11) is 1.81. The van der Waals surface area contributed by atoms with Crippen LogP contribution in [-0.4, -0.2) is 25.0 Å². The Morgan fingerprint density at radius 2 is 2.25 bits per heavy atom. The first-order chi connectivity index (χ1) is 3.81. The first-order valence-electron chi connectivity index (χ1n) is 2.15. The molecule has 0 aromatic rings. The minimum atomic E-state index is 1.51. The highest BCUT2D eigenvalue weighted by atomic mass is 15.2. The second-order valence-corrected chi connectivity index (χ2v) is 1.22. The Bertz CT molecular complexity index is 106. The van der Waals surface area contributed by atoms with Crippen LogP contribution < -0.4 is 0 Å². The van der Waals surface area contributed by atoms with Crippen LogP contribution in [0, 0.1) is 0 Å². The Kier molecular flexibility index (Phi) is 3.48. The molecule has 0 aromatic heterocycles. The van der Waals surface area contributed by atoms with Gasteiger partial charge in [0, 0.05) is 13.8 Å². The van der Waals surface area contributed by atoms with Crippen LogP contribution in [0.1, 0.15) is 0 Å². The van der Waals surface area contributed by atoms with E-state index < -0.39 is 0 Å². The van der Waals surface area contributed by atoms with Crippen molar-refractivity contribution in [3.05, 3.63) is 12.8 Å². The van der Waals surface area contributed by atoms with Crippen LogP contribution in [0.4, 0.5) is 0 Å². The van der Waals surface area contributed by atoms with E-state index in [2.05, 4.69) is 23.5 Å². The van der Waals surface area contributed by atoms with Crippen molar-refractivity contribution in [2.75, 3.05) is 7.05 Å². The van der Waals surface area contributed by atoms with Gasteiger partial charge in [-0.2, -0.15) is 5.10 Å². The molecular formula is C5H9N3. The molecule has 0 unspecified atom stereocenters. The minimum Gasteiger partial charge on any atom is -0.341 e. The minimum absolute atomic E-state index is 1.51. The molecule has 3 heteroatoms. The van der Waals surface area contributed by atoms with Gasteiger partial charge >= 0.3 is 0 Å². The second-order valence-electron chi connectivity index (χ2n) is 1.22. The van der Waals surface area contributed by atoms with Gasteiger partial charge in [0.2, 0.25) is 0 Å². The molecule has 0 aliphatic heterocycles. The maximum absolute atomic E-state index is 3.49. The van der Waals surface area contributed by atoms with Crippen LogP contribution in [0.3, 0.4) is 0 Å². The zero-order valence-corrected chi connectivity index (χ0v) is 4.91. The summed E-state index contributed by atoms with van der Waals surface area (Å²) in [6.07, 6.45) is 3.13. The molecule has 0 N–H and O–H groups in total. The highest BCUT2D eigenvalue weighted by Gasteiger charge is 1.74. The van der Waals surface area contributed by atoms with Gasteiger partial charge in [-0.15, -0.1) is 5.10 Å². The van der Waals surface area contributed by atoms with E-state index in [0.717, 1.165) is 0 Å². The fourth-order valence-corrected chi connectivity index (χ4v) is 0.165. The van der Waals surface area contributed by atoms with E-state index in [0.29, 0.717) is 0 Å². The van der Waals surface area contributed by atoms with E-state index in [-0.39, 0.29) is 0 Å². The van der Waals surface area contributed by atoms with E-state index >= 15 is 0 Å². The van der Waals surface area contributed by atoms with Crippen molar-refractivity contribution in [3.63, 3.8) is 0 Å². The Morgan fingerprint density at radius 3 is 2.62 bits per heavy atom. The molecule has 3 nitrogen and oxygen atoms in total. The SMILES string of the molecule is C=CN(C)/C=N\N=C. The molecule has 0 fully saturated rings. The summed E-state index contributed by atoms with van der Waals surface area (Å²) in [5.41, 5.74) is 0. The van der Waals surface area contributed by atoms with Crippen LogP contribution in [0.15, 0.2) is 23.0 Å². The van der Waals surface area contributed by atoms with E-state index in [4.69, 9.17) is 0 Å². The highest BCUT2D eigenvalue weighted by molar-refractivity contribution is 5.55. The lowest BCUT2D eigenvalue weighted by Crippen LogP contribution is -2.04. The molecule has 44 valence electrons. The van der Waals surface area contributed by atoms with Crippen molar-refractivity contribution in [2.24, 2.45) is 10.2 Å². The molecule has 0 rings (SSSR count). The van der Waals surface area contributed by atoms with Gasteiger partial charge in [-0.05, 0) is 6.20 Å². The summed E-state index contributed by atoms with van der Waals surface area (Å²) in [6, 6.07) is 0. The summed E-state index contributed by atoms with van der Waals surface area (Å²) in [6.45, 7) is 6.64. The lowest BCUT2D eigenvalue weighted by molar-refractivity contribution is 0.709. The van der Waals surface area contributed by atoms with Crippen molar-refractivity contribution < 1.29 is 0 Å². The van der Waals surface area contributed by atoms with Gasteiger partial charge in [0.15, 0.2) is 0 Å². The summed E-state index contributed by atoms with van der Waals surface area (Å²) in [5, 5.41) is 6.74. The van der Waals surface area contributed by atoms with Gasteiger partial charge in [-0.1, -0.05) is 6.58 Å². The molecule has 0 saturated heterocycles.